The summed E-state index contributed by atoms with van der Waals surface area (Å²) >= 11 is 0. The van der Waals surface area contributed by atoms with Crippen LogP contribution < -0.4 is 5.32 Å². The Labute approximate surface area is 164 Å². The van der Waals surface area contributed by atoms with Gasteiger partial charge in [-0.1, -0.05) is 18.2 Å². The van der Waals surface area contributed by atoms with E-state index in [-0.39, 0.29) is 10.8 Å². The van der Waals surface area contributed by atoms with Crippen LogP contribution in [0.15, 0.2) is 59.6 Å². The summed E-state index contributed by atoms with van der Waals surface area (Å²) in [7, 11) is -3.45. The topological polar surface area (TPSA) is 82.3 Å². The molecule has 7 heteroatoms. The fourth-order valence-electron chi connectivity index (χ4n) is 3.61. The van der Waals surface area contributed by atoms with Gasteiger partial charge < -0.3 is 10.3 Å². The van der Waals surface area contributed by atoms with Crippen LogP contribution in [0.1, 0.15) is 28.8 Å². The molecule has 28 heavy (non-hydrogen) atoms. The minimum absolute atomic E-state index is 0.204. The Kier molecular flexibility index (Phi) is 5.19. The number of H-pyrrole nitrogens is 1. The van der Waals surface area contributed by atoms with Crippen molar-refractivity contribution in [3.05, 3.63) is 65.9 Å². The van der Waals surface area contributed by atoms with E-state index in [1.807, 2.05) is 24.4 Å². The van der Waals surface area contributed by atoms with Gasteiger partial charge in [0.25, 0.3) is 5.91 Å². The Morgan fingerprint density at radius 1 is 1.04 bits per heavy atom. The molecule has 6 nitrogen and oxygen atoms in total. The smallest absolute Gasteiger partial charge is 0.251 e. The van der Waals surface area contributed by atoms with Crippen molar-refractivity contribution in [2.45, 2.75) is 24.2 Å². The third kappa shape index (κ3) is 3.68. The van der Waals surface area contributed by atoms with Crippen molar-refractivity contribution in [1.29, 1.82) is 0 Å². The molecule has 2 heterocycles. The molecular formula is C21H23N3O3S. The van der Waals surface area contributed by atoms with Crippen LogP contribution >= 0.6 is 0 Å². The summed E-state index contributed by atoms with van der Waals surface area (Å²) in [5.41, 5.74) is 2.70. The summed E-state index contributed by atoms with van der Waals surface area (Å²) in [6.45, 7) is 1.64. The average molecular weight is 398 g/mol. The fourth-order valence-corrected chi connectivity index (χ4v) is 5.12. The Hall–Kier alpha value is -2.64. The lowest BCUT2D eigenvalue weighted by Gasteiger charge is -2.15. The van der Waals surface area contributed by atoms with Gasteiger partial charge in [0.15, 0.2) is 0 Å². The SMILES string of the molecule is O=C(NCCc1c[nH]c2ccccc12)c1ccc(S(=O)(=O)N2CCCC2)cc1. The molecule has 2 aromatic carbocycles. The number of rotatable bonds is 6. The molecule has 0 bridgehead atoms. The number of amides is 1. The number of aromatic nitrogens is 1. The Bertz CT molecular complexity index is 1080. The van der Waals surface area contributed by atoms with Gasteiger partial charge in [0, 0.05) is 42.3 Å². The number of carbonyl (C=O) groups excluding carboxylic acids is 1. The van der Waals surface area contributed by atoms with E-state index < -0.39 is 10.0 Å². The molecule has 0 unspecified atom stereocenters. The van der Waals surface area contributed by atoms with Gasteiger partial charge in [0.2, 0.25) is 10.0 Å². The molecule has 1 saturated heterocycles. The highest BCUT2D eigenvalue weighted by molar-refractivity contribution is 7.89. The zero-order valence-electron chi connectivity index (χ0n) is 15.5. The highest BCUT2D eigenvalue weighted by Crippen LogP contribution is 2.21. The van der Waals surface area contributed by atoms with Crippen LogP contribution in [-0.4, -0.2) is 43.2 Å². The molecule has 1 fully saturated rings. The largest absolute Gasteiger partial charge is 0.361 e. The molecule has 146 valence electrons. The average Bonchev–Trinajstić information content (AvgIpc) is 3.39. The van der Waals surface area contributed by atoms with Crippen molar-refractivity contribution in [1.82, 2.24) is 14.6 Å². The third-order valence-corrected chi connectivity index (χ3v) is 7.09. The Morgan fingerprint density at radius 2 is 1.75 bits per heavy atom. The van der Waals surface area contributed by atoms with Crippen LogP contribution in [0.4, 0.5) is 0 Å². The minimum atomic E-state index is -3.45. The standard InChI is InChI=1S/C21H23N3O3S/c25-21(22-12-11-17-15-23-20-6-2-1-5-19(17)20)16-7-9-18(10-8-16)28(26,27)24-13-3-4-14-24/h1-2,5-10,15,23H,3-4,11-14H2,(H,22,25). The van der Waals surface area contributed by atoms with Crippen LogP contribution in [0.25, 0.3) is 10.9 Å². The predicted molar refractivity (Wildman–Crippen MR) is 109 cm³/mol. The van der Waals surface area contributed by atoms with Crippen LogP contribution in [0.3, 0.4) is 0 Å². The van der Waals surface area contributed by atoms with Gasteiger partial charge in [0.1, 0.15) is 0 Å². The predicted octanol–water partition coefficient (Wildman–Crippen LogP) is 2.92. The number of carbonyl (C=O) groups is 1. The fraction of sp³-hybridized carbons (Fsp3) is 0.286. The highest BCUT2D eigenvalue weighted by Gasteiger charge is 2.27. The summed E-state index contributed by atoms with van der Waals surface area (Å²) in [4.78, 5) is 15.8. The number of nitrogens with zero attached hydrogens (tertiary/aromatic N) is 1. The summed E-state index contributed by atoms with van der Waals surface area (Å²) in [6.07, 6.45) is 4.48. The maximum Gasteiger partial charge on any atom is 0.251 e. The van der Waals surface area contributed by atoms with Crippen LogP contribution in [0.2, 0.25) is 0 Å². The summed E-state index contributed by atoms with van der Waals surface area (Å²) < 4.78 is 26.6. The summed E-state index contributed by atoms with van der Waals surface area (Å²) in [6, 6.07) is 14.2. The molecule has 3 aromatic rings. The molecule has 1 aliphatic rings. The van der Waals surface area contributed by atoms with E-state index in [0.717, 1.165) is 35.7 Å². The number of para-hydroxylation sites is 1. The van der Waals surface area contributed by atoms with Gasteiger partial charge in [0.05, 0.1) is 4.90 Å². The van der Waals surface area contributed by atoms with E-state index in [0.29, 0.717) is 25.2 Å². The molecule has 0 atom stereocenters. The molecule has 1 aromatic heterocycles. The van der Waals surface area contributed by atoms with Gasteiger partial charge in [-0.15, -0.1) is 0 Å². The van der Waals surface area contributed by atoms with Crippen molar-refractivity contribution >= 4 is 26.8 Å². The van der Waals surface area contributed by atoms with E-state index >= 15 is 0 Å². The van der Waals surface area contributed by atoms with Crippen LogP contribution in [0.5, 0.6) is 0 Å². The number of benzene rings is 2. The van der Waals surface area contributed by atoms with Crippen LogP contribution in [-0.2, 0) is 16.4 Å². The van der Waals surface area contributed by atoms with Crippen molar-refractivity contribution < 1.29 is 13.2 Å². The lowest BCUT2D eigenvalue weighted by Crippen LogP contribution is -2.28. The highest BCUT2D eigenvalue weighted by atomic mass is 32.2. The first kappa shape index (κ1) is 18.7. The molecule has 0 aliphatic carbocycles. The van der Waals surface area contributed by atoms with E-state index in [2.05, 4.69) is 16.4 Å². The first-order valence-corrected chi connectivity index (χ1v) is 10.9. The van der Waals surface area contributed by atoms with Gasteiger partial charge >= 0.3 is 0 Å². The Morgan fingerprint density at radius 3 is 2.50 bits per heavy atom. The lowest BCUT2D eigenvalue weighted by atomic mass is 10.1. The second-order valence-corrected chi connectivity index (χ2v) is 8.94. The molecule has 1 amide bonds. The molecular weight excluding hydrogens is 374 g/mol. The zero-order chi connectivity index (χ0) is 19.6. The van der Waals surface area contributed by atoms with Crippen molar-refractivity contribution in [2.75, 3.05) is 19.6 Å². The molecule has 2 N–H and O–H groups in total. The van der Waals surface area contributed by atoms with Crippen molar-refractivity contribution in [3.63, 3.8) is 0 Å². The van der Waals surface area contributed by atoms with Crippen molar-refractivity contribution in [3.8, 4) is 0 Å². The maximum atomic E-state index is 12.5. The van der Waals surface area contributed by atoms with Crippen LogP contribution in [0, 0.1) is 0 Å². The minimum Gasteiger partial charge on any atom is -0.361 e. The number of fused-ring (bicyclic) bond motifs is 1. The van der Waals surface area contributed by atoms with E-state index in [9.17, 15) is 13.2 Å². The number of hydrogen-bond acceptors (Lipinski definition) is 3. The second-order valence-electron chi connectivity index (χ2n) is 7.00. The first-order valence-electron chi connectivity index (χ1n) is 9.49. The Balaban J connectivity index is 1.37. The third-order valence-electron chi connectivity index (χ3n) is 5.17. The van der Waals surface area contributed by atoms with Gasteiger partial charge in [-0.2, -0.15) is 4.31 Å². The van der Waals surface area contributed by atoms with E-state index in [1.165, 1.54) is 16.4 Å². The first-order chi connectivity index (χ1) is 13.6. The zero-order valence-corrected chi connectivity index (χ0v) is 16.3. The summed E-state index contributed by atoms with van der Waals surface area (Å²) in [5.74, 6) is -0.204. The second kappa shape index (κ2) is 7.77. The monoisotopic (exact) mass is 397 g/mol. The molecule has 0 saturated carbocycles. The molecule has 4 rings (SSSR count). The lowest BCUT2D eigenvalue weighted by molar-refractivity contribution is 0.0954. The molecule has 0 radical (unpaired) electrons. The molecule has 1 aliphatic heterocycles. The number of nitrogens with one attached hydrogen (secondary N) is 2. The van der Waals surface area contributed by atoms with Gasteiger partial charge in [-0.3, -0.25) is 4.79 Å². The molecule has 0 spiro atoms. The summed E-state index contributed by atoms with van der Waals surface area (Å²) in [5, 5.41) is 4.06. The van der Waals surface area contributed by atoms with Gasteiger partial charge in [-0.25, -0.2) is 8.42 Å². The van der Waals surface area contributed by atoms with E-state index in [1.54, 1.807) is 12.1 Å². The maximum absolute atomic E-state index is 12.5. The number of aromatic amines is 1. The number of sulfonamides is 1. The van der Waals surface area contributed by atoms with Crippen molar-refractivity contribution in [2.24, 2.45) is 0 Å². The normalized spacial score (nSPS) is 15.1. The quantitative estimate of drug-likeness (QED) is 0.671. The number of hydrogen-bond donors (Lipinski definition) is 2. The van der Waals surface area contributed by atoms with Gasteiger partial charge in [-0.05, 0) is 55.2 Å². The van der Waals surface area contributed by atoms with E-state index in [4.69, 9.17) is 0 Å².